The second-order valence-corrected chi connectivity index (χ2v) is 8.21. The normalized spacial score (nSPS) is 17.4. The third-order valence-electron chi connectivity index (χ3n) is 2.60. The van der Waals surface area contributed by atoms with Gasteiger partial charge in [-0.15, -0.1) is 0 Å². The highest BCUT2D eigenvalue weighted by Crippen LogP contribution is 2.30. The van der Waals surface area contributed by atoms with Crippen molar-refractivity contribution in [3.05, 3.63) is 0 Å². The molecule has 0 spiro atoms. The summed E-state index contributed by atoms with van der Waals surface area (Å²) in [5.74, 6) is -1.89. The van der Waals surface area contributed by atoms with Crippen LogP contribution in [0.3, 0.4) is 0 Å². The van der Waals surface area contributed by atoms with Crippen molar-refractivity contribution in [2.75, 3.05) is 11.5 Å². The molecular weight excluding hydrogens is 286 g/mol. The second-order valence-electron chi connectivity index (χ2n) is 6.06. The number of aliphatic carboxylic acids is 1. The van der Waals surface area contributed by atoms with E-state index in [9.17, 15) is 18.0 Å². The summed E-state index contributed by atoms with van der Waals surface area (Å²) < 4.78 is 28.5. The molecule has 1 saturated carbocycles. The fourth-order valence-corrected chi connectivity index (χ4v) is 3.51. The van der Waals surface area contributed by atoms with Crippen molar-refractivity contribution in [3.8, 4) is 0 Å². The Kier molecular flexibility index (Phi) is 5.01. The first-order valence-electron chi connectivity index (χ1n) is 6.41. The van der Waals surface area contributed by atoms with Crippen molar-refractivity contribution in [1.82, 2.24) is 5.32 Å². The number of carbonyl (C=O) groups excluding carboxylic acids is 1. The number of carboxylic acids is 1. The average Bonchev–Trinajstić information content (AvgIpc) is 2.95. The zero-order valence-corrected chi connectivity index (χ0v) is 12.7. The summed E-state index contributed by atoms with van der Waals surface area (Å²) in [7, 11) is -3.50. The van der Waals surface area contributed by atoms with Gasteiger partial charge in [-0.05, 0) is 39.5 Å². The smallest absolute Gasteiger partial charge is 0.408 e. The third-order valence-corrected chi connectivity index (χ3v) is 4.42. The Balaban J connectivity index is 2.60. The highest BCUT2D eigenvalue weighted by atomic mass is 32.2. The Hall–Kier alpha value is -1.31. The highest BCUT2D eigenvalue weighted by Gasteiger charge is 2.33. The molecule has 1 aliphatic rings. The molecule has 0 aliphatic heterocycles. The van der Waals surface area contributed by atoms with Crippen molar-refractivity contribution in [3.63, 3.8) is 0 Å². The van der Waals surface area contributed by atoms with Crippen LogP contribution in [0.2, 0.25) is 0 Å². The summed E-state index contributed by atoms with van der Waals surface area (Å²) in [5, 5.41) is 11.1. The van der Waals surface area contributed by atoms with Gasteiger partial charge in [-0.25, -0.2) is 18.0 Å². The zero-order chi connectivity index (χ0) is 15.6. The molecule has 1 fully saturated rings. The predicted octanol–water partition coefficient (Wildman–Crippen LogP) is 0.789. The Morgan fingerprint density at radius 1 is 1.35 bits per heavy atom. The van der Waals surface area contributed by atoms with Gasteiger partial charge in [0.05, 0.1) is 11.5 Å². The molecule has 0 radical (unpaired) electrons. The van der Waals surface area contributed by atoms with Gasteiger partial charge in [0.2, 0.25) is 0 Å². The van der Waals surface area contributed by atoms with Gasteiger partial charge >= 0.3 is 12.1 Å². The number of carboxylic acid groups (broad SMARTS) is 1. The number of hydrogen-bond donors (Lipinski definition) is 2. The van der Waals surface area contributed by atoms with Crippen molar-refractivity contribution in [2.24, 2.45) is 5.92 Å². The van der Waals surface area contributed by atoms with Gasteiger partial charge in [0, 0.05) is 0 Å². The van der Waals surface area contributed by atoms with Crippen LogP contribution in [0.4, 0.5) is 4.79 Å². The standard InChI is InChI=1S/C12H21NO6S/c1-12(2,3)19-11(16)13-9(10(14)15)7-20(17,18)6-8-4-5-8/h8-9H,4-7H2,1-3H3,(H,13,16)(H,14,15). The van der Waals surface area contributed by atoms with Crippen LogP contribution in [-0.4, -0.2) is 48.7 Å². The minimum Gasteiger partial charge on any atom is -0.480 e. The molecular formula is C12H21NO6S. The lowest BCUT2D eigenvalue weighted by atomic mass is 10.2. The number of amides is 1. The van der Waals surface area contributed by atoms with Gasteiger partial charge in [-0.3, -0.25) is 0 Å². The molecule has 0 heterocycles. The predicted molar refractivity (Wildman–Crippen MR) is 72.2 cm³/mol. The molecule has 0 aromatic carbocycles. The number of nitrogens with one attached hydrogen (secondary N) is 1. The van der Waals surface area contributed by atoms with E-state index in [-0.39, 0.29) is 11.7 Å². The molecule has 1 amide bonds. The molecule has 20 heavy (non-hydrogen) atoms. The van der Waals surface area contributed by atoms with Crippen LogP contribution >= 0.6 is 0 Å². The van der Waals surface area contributed by atoms with E-state index in [2.05, 4.69) is 5.32 Å². The summed E-state index contributed by atoms with van der Waals surface area (Å²) in [4.78, 5) is 22.5. The van der Waals surface area contributed by atoms with Gasteiger partial charge in [0.25, 0.3) is 0 Å². The maximum Gasteiger partial charge on any atom is 0.408 e. The molecule has 1 atom stereocenters. The fourth-order valence-electron chi connectivity index (χ4n) is 1.59. The van der Waals surface area contributed by atoms with Gasteiger partial charge in [0.15, 0.2) is 9.84 Å². The van der Waals surface area contributed by atoms with Crippen LogP contribution in [0.15, 0.2) is 0 Å². The lowest BCUT2D eigenvalue weighted by Crippen LogP contribution is -2.47. The fraction of sp³-hybridized carbons (Fsp3) is 0.833. The monoisotopic (exact) mass is 307 g/mol. The largest absolute Gasteiger partial charge is 0.480 e. The van der Waals surface area contributed by atoms with E-state index < -0.39 is 39.3 Å². The Morgan fingerprint density at radius 3 is 2.30 bits per heavy atom. The number of rotatable bonds is 6. The molecule has 8 heteroatoms. The summed E-state index contributed by atoms with van der Waals surface area (Å²) >= 11 is 0. The maximum atomic E-state index is 11.8. The Bertz CT molecular complexity index is 475. The van der Waals surface area contributed by atoms with E-state index in [1.807, 2.05) is 0 Å². The number of hydrogen-bond acceptors (Lipinski definition) is 5. The third kappa shape index (κ3) is 6.74. The Morgan fingerprint density at radius 2 is 1.90 bits per heavy atom. The van der Waals surface area contributed by atoms with E-state index in [4.69, 9.17) is 9.84 Å². The molecule has 0 aromatic rings. The van der Waals surface area contributed by atoms with Crippen LogP contribution in [-0.2, 0) is 19.4 Å². The number of ether oxygens (including phenoxy) is 1. The van der Waals surface area contributed by atoms with Crippen LogP contribution in [0, 0.1) is 5.92 Å². The topological polar surface area (TPSA) is 110 Å². The van der Waals surface area contributed by atoms with E-state index in [1.165, 1.54) is 0 Å². The first-order chi connectivity index (χ1) is 8.98. The van der Waals surface area contributed by atoms with Crippen LogP contribution in [0.25, 0.3) is 0 Å². The maximum absolute atomic E-state index is 11.8. The second kappa shape index (κ2) is 5.99. The number of sulfone groups is 1. The average molecular weight is 307 g/mol. The van der Waals surface area contributed by atoms with Crippen molar-refractivity contribution < 1.29 is 27.9 Å². The molecule has 1 unspecified atom stereocenters. The number of alkyl carbamates (subject to hydrolysis) is 1. The number of carbonyl (C=O) groups is 2. The minimum atomic E-state index is -3.50. The zero-order valence-electron chi connectivity index (χ0n) is 11.9. The first kappa shape index (κ1) is 16.7. The van der Waals surface area contributed by atoms with E-state index in [0.717, 1.165) is 12.8 Å². The summed E-state index contributed by atoms with van der Waals surface area (Å²) in [5.41, 5.74) is -0.778. The van der Waals surface area contributed by atoms with Crippen molar-refractivity contribution >= 4 is 21.9 Å². The van der Waals surface area contributed by atoms with E-state index in [0.29, 0.717) is 0 Å². The quantitative estimate of drug-likeness (QED) is 0.750. The molecule has 116 valence electrons. The summed E-state index contributed by atoms with van der Waals surface area (Å²) in [6.45, 7) is 4.89. The van der Waals surface area contributed by atoms with Crippen LogP contribution in [0.1, 0.15) is 33.6 Å². The van der Waals surface area contributed by atoms with Gasteiger partial charge in [-0.2, -0.15) is 0 Å². The SMILES string of the molecule is CC(C)(C)OC(=O)NC(CS(=O)(=O)CC1CC1)C(=O)O. The van der Waals surface area contributed by atoms with Crippen molar-refractivity contribution in [1.29, 1.82) is 0 Å². The molecule has 0 aromatic heterocycles. The molecule has 1 aliphatic carbocycles. The van der Waals surface area contributed by atoms with Crippen LogP contribution in [0.5, 0.6) is 0 Å². The van der Waals surface area contributed by atoms with Gasteiger partial charge in [-0.1, -0.05) is 0 Å². The highest BCUT2D eigenvalue weighted by molar-refractivity contribution is 7.91. The van der Waals surface area contributed by atoms with E-state index in [1.54, 1.807) is 20.8 Å². The lowest BCUT2D eigenvalue weighted by Gasteiger charge is -2.21. The molecule has 0 saturated heterocycles. The first-order valence-corrected chi connectivity index (χ1v) is 8.23. The van der Waals surface area contributed by atoms with Crippen LogP contribution < -0.4 is 5.32 Å². The summed E-state index contributed by atoms with van der Waals surface area (Å²) in [6, 6.07) is -1.49. The van der Waals surface area contributed by atoms with Crippen molar-refractivity contribution in [2.45, 2.75) is 45.3 Å². The minimum absolute atomic E-state index is 0.0211. The van der Waals surface area contributed by atoms with Gasteiger partial charge in [0.1, 0.15) is 11.6 Å². The summed E-state index contributed by atoms with van der Waals surface area (Å²) in [6.07, 6.45) is 0.777. The molecule has 2 N–H and O–H groups in total. The van der Waals surface area contributed by atoms with Gasteiger partial charge < -0.3 is 15.2 Å². The Labute approximate surface area is 118 Å². The molecule has 1 rings (SSSR count). The molecule has 0 bridgehead atoms. The molecule has 7 nitrogen and oxygen atoms in total. The van der Waals surface area contributed by atoms with E-state index >= 15 is 0 Å². The lowest BCUT2D eigenvalue weighted by molar-refractivity contribution is -0.138.